The van der Waals surface area contributed by atoms with E-state index >= 15 is 0 Å². The molecular weight excluding hydrogens is 988 g/mol. The molecule has 0 radical (unpaired) electrons. The van der Waals surface area contributed by atoms with Gasteiger partial charge in [-0.2, -0.15) is 0 Å². The lowest BCUT2D eigenvalue weighted by Crippen LogP contribution is -2.47. The van der Waals surface area contributed by atoms with Gasteiger partial charge < -0.3 is 19.4 Å². The molecule has 0 aromatic carbocycles. The first-order valence-electron chi connectivity index (χ1n) is 31.7. The Morgan fingerprint density at radius 1 is 0.449 bits per heavy atom. The molecular formula is C68H120N2O7P+. The molecule has 9 nitrogen and oxygen atoms in total. The van der Waals surface area contributed by atoms with Crippen molar-refractivity contribution in [1.29, 1.82) is 0 Å². The fourth-order valence-electron chi connectivity index (χ4n) is 8.49. The quantitative estimate of drug-likeness (QED) is 0.0205. The number of amides is 1. The van der Waals surface area contributed by atoms with Crippen LogP contribution in [0.25, 0.3) is 0 Å². The lowest BCUT2D eigenvalue weighted by Gasteiger charge is -2.27. The standard InChI is InChI=1S/C68H119N2O7P/c1-7-10-13-16-19-22-25-28-30-32-34-35-37-39-41-43-46-49-52-55-58-61-68(72)77-66(59-56-53-50-47-44-27-24-21-18-15-12-9-3)65(64-76-78(73,74)75-63-62-70(4,5)6)69-67(71)60-57-54-51-48-45-42-40-38-36-33-31-29-26-23-20-17-14-11-8-2/h19-20,22-23,28-31,34-36,38-39,41-42,45,56,59,65-66H,7-18,21,24-27,32-33,37,40,43-44,46-55,57-58,60-64H2,1-6H3,(H-,69,71,73,74)/p+1/b22-19-,23-20-,30-28-,31-29-,35-34-,38-36-,41-39-,45-42-,59-56+. The van der Waals surface area contributed by atoms with Crippen molar-refractivity contribution in [2.24, 2.45) is 0 Å². The van der Waals surface area contributed by atoms with Crippen LogP contribution in [0, 0.1) is 0 Å². The first-order valence-corrected chi connectivity index (χ1v) is 33.2. The Morgan fingerprint density at radius 2 is 0.782 bits per heavy atom. The number of hydrogen-bond donors (Lipinski definition) is 2. The summed E-state index contributed by atoms with van der Waals surface area (Å²) in [5, 5.41) is 3.03. The van der Waals surface area contributed by atoms with E-state index < -0.39 is 20.0 Å². The molecule has 0 spiro atoms. The number of allylic oxidation sites excluding steroid dienone is 17. The Bertz CT molecular complexity index is 1700. The van der Waals surface area contributed by atoms with Gasteiger partial charge in [-0.05, 0) is 122 Å². The van der Waals surface area contributed by atoms with Gasteiger partial charge >= 0.3 is 13.8 Å². The molecule has 78 heavy (non-hydrogen) atoms. The monoisotopic (exact) mass is 1110 g/mol. The topological polar surface area (TPSA) is 111 Å². The van der Waals surface area contributed by atoms with Crippen molar-refractivity contribution in [1.82, 2.24) is 5.32 Å². The third-order valence-corrected chi connectivity index (χ3v) is 14.4. The molecule has 0 aromatic rings. The minimum Gasteiger partial charge on any atom is -0.456 e. The van der Waals surface area contributed by atoms with Gasteiger partial charge in [0, 0.05) is 12.8 Å². The SMILES string of the molecule is CCCCC/C=C\C/C=C\C/C=C\C/C=C\CCCCCCCC(=O)OC(/C=C/CCCCCCCCCCCC)C(COP(=O)(O)OCC[N+](C)(C)C)NC(=O)CCCCC/C=C\C/C=C\C/C=C\C/C=C\CCCCC. The Morgan fingerprint density at radius 3 is 1.21 bits per heavy atom. The Kier molecular flexibility index (Phi) is 54.5. The molecule has 0 aliphatic heterocycles. The summed E-state index contributed by atoms with van der Waals surface area (Å²) >= 11 is 0. The summed E-state index contributed by atoms with van der Waals surface area (Å²) in [6.07, 6.45) is 78.0. The van der Waals surface area contributed by atoms with Crippen LogP contribution in [0.2, 0.25) is 0 Å². The summed E-state index contributed by atoms with van der Waals surface area (Å²) in [6.45, 7) is 6.91. The highest BCUT2D eigenvalue weighted by atomic mass is 31.2. The fraction of sp³-hybridized carbons (Fsp3) is 0.706. The molecule has 0 rings (SSSR count). The third-order valence-electron chi connectivity index (χ3n) is 13.4. The minimum absolute atomic E-state index is 0.0249. The van der Waals surface area contributed by atoms with Gasteiger partial charge in [0.15, 0.2) is 0 Å². The lowest BCUT2D eigenvalue weighted by molar-refractivity contribution is -0.870. The molecule has 0 bridgehead atoms. The van der Waals surface area contributed by atoms with E-state index in [-0.39, 0.29) is 37.9 Å². The van der Waals surface area contributed by atoms with Gasteiger partial charge in [-0.1, -0.05) is 233 Å². The molecule has 0 fully saturated rings. The molecule has 2 N–H and O–H groups in total. The molecule has 1 amide bonds. The summed E-state index contributed by atoms with van der Waals surface area (Å²) in [4.78, 5) is 37.7. The second-order valence-electron chi connectivity index (χ2n) is 22.2. The van der Waals surface area contributed by atoms with Crippen LogP contribution < -0.4 is 5.32 Å². The fourth-order valence-corrected chi connectivity index (χ4v) is 9.23. The average Bonchev–Trinajstić information content (AvgIpc) is 3.40. The molecule has 10 heteroatoms. The number of carbonyl (C=O) groups is 2. The maximum atomic E-state index is 13.5. The van der Waals surface area contributed by atoms with Crippen molar-refractivity contribution in [3.63, 3.8) is 0 Å². The summed E-state index contributed by atoms with van der Waals surface area (Å²) < 4.78 is 30.7. The lowest BCUT2D eigenvalue weighted by atomic mass is 10.1. The van der Waals surface area contributed by atoms with Gasteiger partial charge in [-0.3, -0.25) is 18.6 Å². The molecule has 3 unspecified atom stereocenters. The van der Waals surface area contributed by atoms with Crippen LogP contribution in [-0.4, -0.2) is 74.3 Å². The summed E-state index contributed by atoms with van der Waals surface area (Å²) in [7, 11) is 1.45. The number of esters is 1. The van der Waals surface area contributed by atoms with E-state index in [4.69, 9.17) is 13.8 Å². The minimum atomic E-state index is -4.47. The van der Waals surface area contributed by atoms with E-state index in [1.807, 2.05) is 33.3 Å². The highest BCUT2D eigenvalue weighted by molar-refractivity contribution is 7.47. The van der Waals surface area contributed by atoms with Crippen molar-refractivity contribution in [3.8, 4) is 0 Å². The zero-order chi connectivity index (χ0) is 57.2. The van der Waals surface area contributed by atoms with Gasteiger partial charge in [0.05, 0.1) is 33.8 Å². The van der Waals surface area contributed by atoms with E-state index in [9.17, 15) is 19.0 Å². The third kappa shape index (κ3) is 57.4. The van der Waals surface area contributed by atoms with E-state index in [1.165, 1.54) is 103 Å². The summed E-state index contributed by atoms with van der Waals surface area (Å²) in [5.41, 5.74) is 0. The van der Waals surface area contributed by atoms with Crippen molar-refractivity contribution < 1.29 is 37.3 Å². The van der Waals surface area contributed by atoms with E-state index in [2.05, 4.69) is 123 Å². The first-order chi connectivity index (χ1) is 37.9. The van der Waals surface area contributed by atoms with Crippen molar-refractivity contribution in [3.05, 3.63) is 109 Å². The number of nitrogens with one attached hydrogen (secondary N) is 1. The van der Waals surface area contributed by atoms with Crippen molar-refractivity contribution >= 4 is 19.7 Å². The van der Waals surface area contributed by atoms with Crippen LogP contribution in [0.5, 0.6) is 0 Å². The van der Waals surface area contributed by atoms with Gasteiger partial charge in [0.2, 0.25) is 5.91 Å². The van der Waals surface area contributed by atoms with E-state index in [0.717, 1.165) is 109 Å². The number of nitrogens with zero attached hydrogens (tertiary/aromatic N) is 1. The number of rotatable bonds is 56. The summed E-state index contributed by atoms with van der Waals surface area (Å²) in [6, 6.07) is -0.880. The average molecular weight is 1110 g/mol. The number of likely N-dealkylation sites (N-methyl/N-ethyl adjacent to an activating group) is 1. The van der Waals surface area contributed by atoms with Crippen molar-refractivity contribution in [2.75, 3.05) is 40.9 Å². The van der Waals surface area contributed by atoms with E-state index in [0.29, 0.717) is 23.9 Å². The molecule has 0 aromatic heterocycles. The molecule has 0 saturated carbocycles. The summed E-state index contributed by atoms with van der Waals surface area (Å²) in [5.74, 6) is -0.567. The maximum Gasteiger partial charge on any atom is 0.472 e. The number of phosphoric acid groups is 1. The molecule has 3 atom stereocenters. The maximum absolute atomic E-state index is 13.5. The molecule has 0 aliphatic carbocycles. The number of quaternary nitrogens is 1. The predicted molar refractivity (Wildman–Crippen MR) is 337 cm³/mol. The number of ether oxygens (including phenoxy) is 1. The number of hydrogen-bond acceptors (Lipinski definition) is 6. The molecule has 0 saturated heterocycles. The van der Waals surface area contributed by atoms with E-state index in [1.54, 1.807) is 0 Å². The van der Waals surface area contributed by atoms with Crippen molar-refractivity contribution in [2.45, 2.75) is 270 Å². The second-order valence-corrected chi connectivity index (χ2v) is 23.7. The van der Waals surface area contributed by atoms with Gasteiger partial charge in [0.25, 0.3) is 0 Å². The predicted octanol–water partition coefficient (Wildman–Crippen LogP) is 19.7. The molecule has 448 valence electrons. The van der Waals surface area contributed by atoms with Gasteiger partial charge in [0.1, 0.15) is 19.3 Å². The Hall–Kier alpha value is -3.33. The van der Waals surface area contributed by atoms with Crippen LogP contribution in [0.1, 0.15) is 258 Å². The highest BCUT2D eigenvalue weighted by Crippen LogP contribution is 2.43. The number of phosphoric ester groups is 1. The number of unbranched alkanes of at least 4 members (excludes halogenated alkanes) is 24. The Labute approximate surface area is 481 Å². The van der Waals surface area contributed by atoms with Crippen LogP contribution in [0.15, 0.2) is 109 Å². The normalized spacial score (nSPS) is 14.4. The smallest absolute Gasteiger partial charge is 0.456 e. The zero-order valence-corrected chi connectivity index (χ0v) is 52.0. The molecule has 0 aliphatic rings. The first kappa shape index (κ1) is 74.7. The van der Waals surface area contributed by atoms with Crippen LogP contribution >= 0.6 is 7.82 Å². The highest BCUT2D eigenvalue weighted by Gasteiger charge is 2.30. The largest absolute Gasteiger partial charge is 0.472 e. The zero-order valence-electron chi connectivity index (χ0n) is 51.1. The van der Waals surface area contributed by atoms with Crippen LogP contribution in [0.3, 0.4) is 0 Å². The van der Waals surface area contributed by atoms with Gasteiger partial charge in [-0.15, -0.1) is 0 Å². The molecule has 0 heterocycles. The van der Waals surface area contributed by atoms with Crippen LogP contribution in [-0.2, 0) is 27.9 Å². The second kappa shape index (κ2) is 56.9. The van der Waals surface area contributed by atoms with Gasteiger partial charge in [-0.25, -0.2) is 4.57 Å². The Balaban J connectivity index is 5.35. The van der Waals surface area contributed by atoms with Crippen LogP contribution in [0.4, 0.5) is 0 Å². The number of carbonyl (C=O) groups excluding carboxylic acids is 2.